The number of hydrogen-bond acceptors (Lipinski definition) is 5. The number of benzene rings is 3. The number of halogens is 2. The molecular formula is C34H33F2N3O2S. The molecule has 0 saturated carbocycles. The van der Waals surface area contributed by atoms with E-state index in [9.17, 15) is 18.8 Å². The first kappa shape index (κ1) is 30.6. The van der Waals surface area contributed by atoms with Crippen molar-refractivity contribution in [1.82, 2.24) is 4.98 Å². The summed E-state index contributed by atoms with van der Waals surface area (Å²) >= 11 is 1.21. The minimum atomic E-state index is -1.71. The fourth-order valence-electron chi connectivity index (χ4n) is 4.46. The van der Waals surface area contributed by atoms with Crippen LogP contribution in [-0.2, 0) is 6.42 Å². The van der Waals surface area contributed by atoms with Gasteiger partial charge in [0.25, 0.3) is 12.0 Å². The van der Waals surface area contributed by atoms with Crippen LogP contribution in [0, 0.1) is 24.2 Å². The maximum atomic E-state index is 13.9. The summed E-state index contributed by atoms with van der Waals surface area (Å²) in [7, 11) is 0. The zero-order valence-corrected chi connectivity index (χ0v) is 24.7. The molecule has 0 fully saturated rings. The van der Waals surface area contributed by atoms with E-state index in [1.807, 2.05) is 50.2 Å². The number of allylic oxidation sites excluding steroid dienone is 1. The highest BCUT2D eigenvalue weighted by Gasteiger charge is 2.18. The third-order valence-corrected chi connectivity index (χ3v) is 7.81. The van der Waals surface area contributed by atoms with E-state index in [4.69, 9.17) is 4.74 Å². The van der Waals surface area contributed by atoms with Gasteiger partial charge in [0.2, 0.25) is 0 Å². The smallest absolute Gasteiger partial charge is 0.274 e. The van der Waals surface area contributed by atoms with Crippen molar-refractivity contribution in [2.24, 2.45) is 5.92 Å². The monoisotopic (exact) mass is 585 g/mol. The highest BCUT2D eigenvalue weighted by molar-refractivity contribution is 7.17. The molecular weight excluding hydrogens is 552 g/mol. The van der Waals surface area contributed by atoms with Crippen LogP contribution in [0.5, 0.6) is 5.75 Å². The summed E-state index contributed by atoms with van der Waals surface area (Å²) in [5.41, 5.74) is 3.63. The second-order valence-electron chi connectivity index (χ2n) is 10.4. The van der Waals surface area contributed by atoms with Gasteiger partial charge in [0, 0.05) is 16.8 Å². The Morgan fingerprint density at radius 3 is 2.55 bits per heavy atom. The largest absolute Gasteiger partial charge is 0.492 e. The van der Waals surface area contributed by atoms with Crippen LogP contribution in [0.25, 0.3) is 16.1 Å². The molecule has 1 N–H and O–H groups in total. The lowest BCUT2D eigenvalue weighted by Gasteiger charge is -2.10. The molecule has 8 heteroatoms. The minimum Gasteiger partial charge on any atom is -0.492 e. The molecule has 216 valence electrons. The Morgan fingerprint density at radius 1 is 1.05 bits per heavy atom. The lowest BCUT2D eigenvalue weighted by atomic mass is 9.99. The molecule has 1 aromatic heterocycles. The molecule has 0 aliphatic rings. The zero-order valence-electron chi connectivity index (χ0n) is 23.9. The summed E-state index contributed by atoms with van der Waals surface area (Å²) in [6, 6.07) is 24.0. The Bertz CT molecular complexity index is 1600. The standard InChI is InChI=1S/C34H33F2N3O2S/c1-22(2)21-41-30-17-16-26(18-27(30)20-37)34-38-23(3)31(42-34)33(40)39-28-14-9-13-25(19-28)29(32(35)36)15-8-7-12-24-10-5-4-6-11-24/h4-6,9-11,13-14,16-19,22H,7-8,12,15,21H2,1-3H3,(H,39,40). The summed E-state index contributed by atoms with van der Waals surface area (Å²) in [6.45, 7) is 6.31. The van der Waals surface area contributed by atoms with Crippen molar-refractivity contribution >= 4 is 28.5 Å². The van der Waals surface area contributed by atoms with Gasteiger partial charge in [-0.3, -0.25) is 4.79 Å². The first-order valence-corrected chi connectivity index (χ1v) is 14.7. The highest BCUT2D eigenvalue weighted by atomic mass is 32.1. The van der Waals surface area contributed by atoms with Gasteiger partial charge in [-0.1, -0.05) is 56.3 Å². The van der Waals surface area contributed by atoms with Crippen molar-refractivity contribution in [3.05, 3.63) is 106 Å². The van der Waals surface area contributed by atoms with E-state index >= 15 is 0 Å². The quantitative estimate of drug-likeness (QED) is 0.168. The van der Waals surface area contributed by atoms with Crippen molar-refractivity contribution < 1.29 is 18.3 Å². The topological polar surface area (TPSA) is 75.0 Å². The molecule has 0 radical (unpaired) electrons. The van der Waals surface area contributed by atoms with Crippen LogP contribution in [0.4, 0.5) is 14.5 Å². The molecule has 0 atom stereocenters. The summed E-state index contributed by atoms with van der Waals surface area (Å²) in [6.07, 6.45) is 0.795. The molecule has 1 heterocycles. The van der Waals surface area contributed by atoms with Gasteiger partial charge in [-0.05, 0) is 80.0 Å². The average Bonchev–Trinajstić information content (AvgIpc) is 3.38. The van der Waals surface area contributed by atoms with E-state index in [2.05, 4.69) is 16.4 Å². The van der Waals surface area contributed by atoms with Gasteiger partial charge in [-0.15, -0.1) is 11.3 Å². The van der Waals surface area contributed by atoms with Crippen molar-refractivity contribution in [2.75, 3.05) is 11.9 Å². The summed E-state index contributed by atoms with van der Waals surface area (Å²) in [5.74, 6) is 0.457. The van der Waals surface area contributed by atoms with Crippen LogP contribution in [0.15, 0.2) is 78.9 Å². The molecule has 0 aliphatic heterocycles. The molecule has 4 aromatic rings. The number of rotatable bonds is 12. The Kier molecular flexibility index (Phi) is 10.6. The van der Waals surface area contributed by atoms with Gasteiger partial charge in [0.1, 0.15) is 21.7 Å². The average molecular weight is 586 g/mol. The van der Waals surface area contributed by atoms with E-state index in [0.717, 1.165) is 12.8 Å². The lowest BCUT2D eigenvalue weighted by Crippen LogP contribution is -2.11. The minimum absolute atomic E-state index is 0.00969. The fourth-order valence-corrected chi connectivity index (χ4v) is 5.42. The third kappa shape index (κ3) is 8.11. The number of hydrogen-bond donors (Lipinski definition) is 1. The number of anilines is 1. The maximum absolute atomic E-state index is 13.9. The zero-order chi connectivity index (χ0) is 30.1. The number of amides is 1. The molecule has 0 aliphatic carbocycles. The normalized spacial score (nSPS) is 10.8. The van der Waals surface area contributed by atoms with E-state index in [1.54, 1.807) is 43.3 Å². The Morgan fingerprint density at radius 2 is 1.83 bits per heavy atom. The van der Waals surface area contributed by atoms with E-state index in [-0.39, 0.29) is 17.9 Å². The third-order valence-electron chi connectivity index (χ3n) is 6.60. The van der Waals surface area contributed by atoms with Gasteiger partial charge >= 0.3 is 0 Å². The highest BCUT2D eigenvalue weighted by Crippen LogP contribution is 2.33. The van der Waals surface area contributed by atoms with Crippen LogP contribution in [0.2, 0.25) is 0 Å². The van der Waals surface area contributed by atoms with E-state index in [1.165, 1.54) is 16.9 Å². The summed E-state index contributed by atoms with van der Waals surface area (Å²) in [4.78, 5) is 18.2. The van der Waals surface area contributed by atoms with Crippen LogP contribution in [0.1, 0.15) is 65.2 Å². The predicted molar refractivity (Wildman–Crippen MR) is 165 cm³/mol. The van der Waals surface area contributed by atoms with Crippen LogP contribution >= 0.6 is 11.3 Å². The summed E-state index contributed by atoms with van der Waals surface area (Å²) < 4.78 is 33.6. The Balaban J connectivity index is 1.44. The molecule has 1 amide bonds. The Labute approximate surface area is 249 Å². The molecule has 3 aromatic carbocycles. The number of unbranched alkanes of at least 4 members (excludes halogenated alkanes) is 1. The van der Waals surface area contributed by atoms with Gasteiger partial charge in [-0.25, -0.2) is 4.98 Å². The lowest BCUT2D eigenvalue weighted by molar-refractivity contribution is 0.103. The SMILES string of the molecule is Cc1nc(-c2ccc(OCC(C)C)c(C#N)c2)sc1C(=O)Nc1cccc(C(CCCCc2ccccc2)=C(F)F)c1. The number of aromatic nitrogens is 1. The van der Waals surface area contributed by atoms with Crippen molar-refractivity contribution in [1.29, 1.82) is 5.26 Å². The molecule has 5 nitrogen and oxygen atoms in total. The van der Waals surface area contributed by atoms with Crippen LogP contribution < -0.4 is 10.1 Å². The first-order chi connectivity index (χ1) is 20.2. The Hall–Kier alpha value is -4.35. The molecule has 0 bridgehead atoms. The first-order valence-electron chi connectivity index (χ1n) is 13.9. The number of ether oxygens (including phenoxy) is 1. The number of aryl methyl sites for hydroxylation is 2. The summed E-state index contributed by atoms with van der Waals surface area (Å²) in [5, 5.41) is 13.0. The van der Waals surface area contributed by atoms with Crippen molar-refractivity contribution in [2.45, 2.75) is 46.5 Å². The number of nitriles is 1. The van der Waals surface area contributed by atoms with Crippen LogP contribution in [-0.4, -0.2) is 17.5 Å². The van der Waals surface area contributed by atoms with Gasteiger partial charge < -0.3 is 10.1 Å². The number of carbonyl (C=O) groups excluding carboxylic acids is 1. The number of nitrogens with zero attached hydrogens (tertiary/aromatic N) is 2. The van der Waals surface area contributed by atoms with E-state index < -0.39 is 6.08 Å². The van der Waals surface area contributed by atoms with Gasteiger partial charge in [-0.2, -0.15) is 14.0 Å². The predicted octanol–water partition coefficient (Wildman–Crippen LogP) is 9.30. The molecule has 0 saturated heterocycles. The maximum Gasteiger partial charge on any atom is 0.274 e. The van der Waals surface area contributed by atoms with Gasteiger partial charge in [0.05, 0.1) is 17.9 Å². The number of carbonyl (C=O) groups is 1. The molecule has 0 unspecified atom stereocenters. The van der Waals surface area contributed by atoms with Crippen LogP contribution in [0.3, 0.4) is 0 Å². The van der Waals surface area contributed by atoms with E-state index in [0.29, 0.717) is 62.7 Å². The number of thiazole rings is 1. The molecule has 42 heavy (non-hydrogen) atoms. The number of nitrogens with one attached hydrogen (secondary N) is 1. The second-order valence-corrected chi connectivity index (χ2v) is 11.4. The fraction of sp³-hybridized carbons (Fsp3) is 0.265. The van der Waals surface area contributed by atoms with Crippen molar-refractivity contribution in [3.63, 3.8) is 0 Å². The molecule has 0 spiro atoms. The van der Waals surface area contributed by atoms with Gasteiger partial charge in [0.15, 0.2) is 0 Å². The van der Waals surface area contributed by atoms with Crippen molar-refractivity contribution in [3.8, 4) is 22.4 Å². The molecule has 4 rings (SSSR count). The second kappa shape index (κ2) is 14.5.